The lowest BCUT2D eigenvalue weighted by Gasteiger charge is -2.09. The van der Waals surface area contributed by atoms with Crippen LogP contribution in [0.5, 0.6) is 5.75 Å². The number of nitrogens with zero attached hydrogens (tertiary/aromatic N) is 1. The van der Waals surface area contributed by atoms with Gasteiger partial charge in [-0.15, -0.1) is 0 Å². The molecule has 1 N–H and O–H groups in total. The highest BCUT2D eigenvalue weighted by atomic mass is 79.9. The second kappa shape index (κ2) is 6.22. The lowest BCUT2D eigenvalue weighted by atomic mass is 10.1. The van der Waals surface area contributed by atoms with E-state index in [1.165, 1.54) is 12.1 Å². The Morgan fingerprint density at radius 1 is 1.30 bits per heavy atom. The van der Waals surface area contributed by atoms with Crippen molar-refractivity contribution in [3.8, 4) is 11.8 Å². The number of carbonyl (C=O) groups is 1. The van der Waals surface area contributed by atoms with E-state index in [0.717, 1.165) is 5.56 Å². The lowest BCUT2D eigenvalue weighted by molar-refractivity contribution is 0.0696. The highest BCUT2D eigenvalue weighted by molar-refractivity contribution is 9.10. The Bertz CT molecular complexity index is 692. The first-order valence-corrected chi connectivity index (χ1v) is 6.54. The lowest BCUT2D eigenvalue weighted by Crippen LogP contribution is -1.99. The first-order valence-electron chi connectivity index (χ1n) is 5.75. The van der Waals surface area contributed by atoms with Crippen LogP contribution in [0.3, 0.4) is 0 Å². The Morgan fingerprint density at radius 3 is 2.75 bits per heavy atom. The summed E-state index contributed by atoms with van der Waals surface area (Å²) < 4.78 is 6.19. The molecular formula is C15H10BrNO3. The second-order valence-electron chi connectivity index (χ2n) is 4.05. The molecule has 0 fully saturated rings. The third kappa shape index (κ3) is 3.37. The minimum Gasteiger partial charge on any atom is -0.488 e. The molecule has 2 aromatic carbocycles. The van der Waals surface area contributed by atoms with E-state index in [1.54, 1.807) is 24.3 Å². The van der Waals surface area contributed by atoms with Crippen molar-refractivity contribution in [1.82, 2.24) is 0 Å². The molecule has 0 atom stereocenters. The molecule has 20 heavy (non-hydrogen) atoms. The van der Waals surface area contributed by atoms with Crippen LogP contribution in [0.2, 0.25) is 0 Å². The Balaban J connectivity index is 2.11. The third-order valence-electron chi connectivity index (χ3n) is 2.63. The van der Waals surface area contributed by atoms with Crippen LogP contribution in [0, 0.1) is 11.3 Å². The van der Waals surface area contributed by atoms with Crippen LogP contribution in [0.1, 0.15) is 21.5 Å². The number of carboxylic acid groups (broad SMARTS) is 1. The summed E-state index contributed by atoms with van der Waals surface area (Å²) in [6.45, 7) is 0.306. The molecule has 0 spiro atoms. The van der Waals surface area contributed by atoms with Crippen LogP contribution in [-0.4, -0.2) is 11.1 Å². The van der Waals surface area contributed by atoms with Gasteiger partial charge >= 0.3 is 5.97 Å². The summed E-state index contributed by atoms with van der Waals surface area (Å²) in [5, 5.41) is 17.7. The van der Waals surface area contributed by atoms with Gasteiger partial charge in [0.05, 0.1) is 21.7 Å². The number of aromatic carboxylic acids is 1. The molecule has 0 heterocycles. The van der Waals surface area contributed by atoms with Crippen molar-refractivity contribution in [2.45, 2.75) is 6.61 Å². The van der Waals surface area contributed by atoms with Gasteiger partial charge in [-0.3, -0.25) is 0 Å². The van der Waals surface area contributed by atoms with E-state index >= 15 is 0 Å². The molecule has 100 valence electrons. The summed E-state index contributed by atoms with van der Waals surface area (Å²) in [5.41, 5.74) is 1.64. The molecule has 0 bridgehead atoms. The molecule has 0 saturated heterocycles. The van der Waals surface area contributed by atoms with Gasteiger partial charge in [0, 0.05) is 0 Å². The largest absolute Gasteiger partial charge is 0.488 e. The van der Waals surface area contributed by atoms with E-state index in [0.29, 0.717) is 22.4 Å². The van der Waals surface area contributed by atoms with Gasteiger partial charge in [-0.1, -0.05) is 12.1 Å². The van der Waals surface area contributed by atoms with Gasteiger partial charge in [0.1, 0.15) is 12.4 Å². The topological polar surface area (TPSA) is 70.3 Å². The van der Waals surface area contributed by atoms with Gasteiger partial charge in [-0.05, 0) is 51.8 Å². The number of carboxylic acids is 1. The number of ether oxygens (including phenoxy) is 1. The molecule has 0 radical (unpaired) electrons. The minimum atomic E-state index is -0.987. The van der Waals surface area contributed by atoms with E-state index in [9.17, 15) is 4.79 Å². The standard InChI is InChI=1S/C15H10BrNO3/c16-13-7-12(15(18)19)4-5-14(13)20-9-11-3-1-2-10(6-11)8-17/h1-7H,9H2,(H,18,19). The zero-order chi connectivity index (χ0) is 14.5. The monoisotopic (exact) mass is 331 g/mol. The molecular weight excluding hydrogens is 322 g/mol. The van der Waals surface area contributed by atoms with Crippen molar-refractivity contribution in [3.05, 3.63) is 63.6 Å². The number of rotatable bonds is 4. The average molecular weight is 332 g/mol. The summed E-state index contributed by atoms with van der Waals surface area (Å²) in [6, 6.07) is 13.8. The Hall–Kier alpha value is -2.32. The second-order valence-corrected chi connectivity index (χ2v) is 4.91. The molecule has 0 aliphatic rings. The van der Waals surface area contributed by atoms with Gasteiger partial charge in [0.15, 0.2) is 0 Å². The molecule has 4 nitrogen and oxygen atoms in total. The van der Waals surface area contributed by atoms with Crippen molar-refractivity contribution < 1.29 is 14.6 Å². The van der Waals surface area contributed by atoms with Crippen molar-refractivity contribution in [2.75, 3.05) is 0 Å². The summed E-state index contributed by atoms with van der Waals surface area (Å²) in [4.78, 5) is 10.8. The molecule has 0 unspecified atom stereocenters. The normalized spacial score (nSPS) is 9.80. The molecule has 0 aliphatic heterocycles. The summed E-state index contributed by atoms with van der Waals surface area (Å²) in [6.07, 6.45) is 0. The fourth-order valence-corrected chi connectivity index (χ4v) is 2.14. The van der Waals surface area contributed by atoms with Gasteiger partial charge in [-0.25, -0.2) is 4.79 Å². The molecule has 2 aromatic rings. The fourth-order valence-electron chi connectivity index (χ4n) is 1.64. The molecule has 0 amide bonds. The van der Waals surface area contributed by atoms with Crippen LogP contribution >= 0.6 is 15.9 Å². The van der Waals surface area contributed by atoms with Crippen molar-refractivity contribution in [3.63, 3.8) is 0 Å². The predicted octanol–water partition coefficient (Wildman–Crippen LogP) is 3.60. The fraction of sp³-hybridized carbons (Fsp3) is 0.0667. The molecule has 0 aromatic heterocycles. The summed E-state index contributed by atoms with van der Waals surface area (Å²) in [5.74, 6) is -0.434. The number of hydrogen-bond acceptors (Lipinski definition) is 3. The van der Waals surface area contributed by atoms with Crippen molar-refractivity contribution >= 4 is 21.9 Å². The molecule has 0 aliphatic carbocycles. The van der Waals surface area contributed by atoms with E-state index in [-0.39, 0.29) is 5.56 Å². The van der Waals surface area contributed by atoms with Crippen LogP contribution in [0.15, 0.2) is 46.9 Å². The van der Waals surface area contributed by atoms with Gasteiger partial charge < -0.3 is 9.84 Å². The molecule has 5 heteroatoms. The maximum absolute atomic E-state index is 10.8. The van der Waals surface area contributed by atoms with Gasteiger partial charge in [-0.2, -0.15) is 5.26 Å². The molecule has 0 saturated carbocycles. The quantitative estimate of drug-likeness (QED) is 0.929. The Morgan fingerprint density at radius 2 is 2.10 bits per heavy atom. The number of hydrogen-bond donors (Lipinski definition) is 1. The first-order chi connectivity index (χ1) is 9.60. The number of benzene rings is 2. The minimum absolute atomic E-state index is 0.190. The van der Waals surface area contributed by atoms with E-state index in [1.807, 2.05) is 6.07 Å². The van der Waals surface area contributed by atoms with Crippen LogP contribution in [-0.2, 0) is 6.61 Å². The highest BCUT2D eigenvalue weighted by Gasteiger charge is 2.07. The van der Waals surface area contributed by atoms with E-state index < -0.39 is 5.97 Å². The maximum atomic E-state index is 10.8. The van der Waals surface area contributed by atoms with Gasteiger partial charge in [0.25, 0.3) is 0 Å². The number of nitriles is 1. The zero-order valence-electron chi connectivity index (χ0n) is 10.3. The molecule has 2 rings (SSSR count). The summed E-state index contributed by atoms with van der Waals surface area (Å²) >= 11 is 3.28. The third-order valence-corrected chi connectivity index (χ3v) is 3.25. The predicted molar refractivity (Wildman–Crippen MR) is 76.6 cm³/mol. The highest BCUT2D eigenvalue weighted by Crippen LogP contribution is 2.26. The zero-order valence-corrected chi connectivity index (χ0v) is 11.9. The van der Waals surface area contributed by atoms with Crippen LogP contribution in [0.4, 0.5) is 0 Å². The maximum Gasteiger partial charge on any atom is 0.335 e. The van der Waals surface area contributed by atoms with Crippen molar-refractivity contribution in [1.29, 1.82) is 5.26 Å². The SMILES string of the molecule is N#Cc1cccc(COc2ccc(C(=O)O)cc2Br)c1. The smallest absolute Gasteiger partial charge is 0.335 e. The number of halogens is 1. The Kier molecular flexibility index (Phi) is 4.38. The van der Waals surface area contributed by atoms with Crippen LogP contribution in [0.25, 0.3) is 0 Å². The average Bonchev–Trinajstić information content (AvgIpc) is 2.46. The van der Waals surface area contributed by atoms with E-state index in [2.05, 4.69) is 22.0 Å². The van der Waals surface area contributed by atoms with Crippen molar-refractivity contribution in [2.24, 2.45) is 0 Å². The Labute approximate surface area is 124 Å². The van der Waals surface area contributed by atoms with Crippen LogP contribution < -0.4 is 4.74 Å². The summed E-state index contributed by atoms with van der Waals surface area (Å²) in [7, 11) is 0. The first kappa shape index (κ1) is 14.1. The van der Waals surface area contributed by atoms with Gasteiger partial charge in [0.2, 0.25) is 0 Å². The van der Waals surface area contributed by atoms with E-state index in [4.69, 9.17) is 15.1 Å².